The summed E-state index contributed by atoms with van der Waals surface area (Å²) in [7, 11) is 0. The normalized spacial score (nSPS) is 14.9. The van der Waals surface area contributed by atoms with Gasteiger partial charge in [-0.3, -0.25) is 19.8 Å². The number of benzene rings is 1. The zero-order valence-corrected chi connectivity index (χ0v) is 17.8. The molecule has 3 N–H and O–H groups in total. The Morgan fingerprint density at radius 1 is 1.24 bits per heavy atom. The summed E-state index contributed by atoms with van der Waals surface area (Å²) >= 11 is 0. The predicted molar refractivity (Wildman–Crippen MR) is 116 cm³/mol. The molecule has 1 fully saturated rings. The fourth-order valence-electron chi connectivity index (χ4n) is 3.53. The molecule has 0 spiro atoms. The number of hydrazone groups is 1. The minimum Gasteiger partial charge on any atom is -0.378 e. The van der Waals surface area contributed by atoms with Gasteiger partial charge in [0.2, 0.25) is 11.6 Å². The zero-order valence-electron chi connectivity index (χ0n) is 17.8. The summed E-state index contributed by atoms with van der Waals surface area (Å²) in [4.78, 5) is 25.5. The molecule has 172 valence electrons. The van der Waals surface area contributed by atoms with Crippen LogP contribution in [0.1, 0.15) is 47.9 Å². The van der Waals surface area contributed by atoms with Crippen LogP contribution in [0.15, 0.2) is 34.0 Å². The summed E-state index contributed by atoms with van der Waals surface area (Å²) in [5.41, 5.74) is 9.91. The smallest absolute Gasteiger partial charge is 0.293 e. The summed E-state index contributed by atoms with van der Waals surface area (Å²) < 4.78 is 6.02. The summed E-state index contributed by atoms with van der Waals surface area (Å²) in [5, 5.41) is 30.3. The van der Waals surface area contributed by atoms with Crippen molar-refractivity contribution < 1.29 is 14.3 Å². The Labute approximate surface area is 187 Å². The first-order valence-corrected chi connectivity index (χ1v) is 10.3. The number of carbonyl (C=O) groups is 1. The number of rotatable bonds is 7. The summed E-state index contributed by atoms with van der Waals surface area (Å²) in [6.45, 7) is 3.86. The quantitative estimate of drug-likeness (QED) is 0.299. The van der Waals surface area contributed by atoms with Gasteiger partial charge in [-0.15, -0.1) is 5.10 Å². The number of nitrogen functional groups attached to an aromatic ring is 1. The molecule has 0 saturated carbocycles. The molecule has 0 aliphatic carbocycles. The molecule has 1 saturated heterocycles. The molecule has 0 atom stereocenters. The Balaban J connectivity index is 1.57. The minimum atomic E-state index is -0.565. The molecule has 2 aromatic heterocycles. The van der Waals surface area contributed by atoms with Gasteiger partial charge in [0.05, 0.1) is 16.3 Å². The van der Waals surface area contributed by atoms with Crippen LogP contribution in [0.3, 0.4) is 0 Å². The van der Waals surface area contributed by atoms with Crippen molar-refractivity contribution in [1.29, 1.82) is 0 Å². The molecule has 1 amide bonds. The standard InChI is InChI=1S/C19H22N10O4/c1-12(13-5-7-14(8-6-13)29(31)32)21-23-19(30)16-15(11-27-9-3-2-4-10-27)28(26-22-16)18-17(20)24-33-25-18/h5-8H,2-4,9-11H2,1H3,(H2,20,24)(H,23,30). The Hall–Kier alpha value is -4.20. The van der Waals surface area contributed by atoms with Crippen LogP contribution in [-0.4, -0.2) is 59.8 Å². The van der Waals surface area contributed by atoms with Gasteiger partial charge in [-0.05, 0) is 60.9 Å². The van der Waals surface area contributed by atoms with Gasteiger partial charge < -0.3 is 5.73 Å². The Kier molecular flexibility index (Phi) is 6.35. The second kappa shape index (κ2) is 9.52. The molecule has 1 aliphatic rings. The maximum atomic E-state index is 12.9. The van der Waals surface area contributed by atoms with E-state index in [0.29, 0.717) is 23.5 Å². The van der Waals surface area contributed by atoms with Crippen molar-refractivity contribution in [2.24, 2.45) is 5.10 Å². The first-order chi connectivity index (χ1) is 15.9. The average molecular weight is 454 g/mol. The molecule has 14 heteroatoms. The predicted octanol–water partition coefficient (Wildman–Crippen LogP) is 1.28. The number of nitro benzene ring substituents is 1. The molecule has 3 aromatic rings. The monoisotopic (exact) mass is 454 g/mol. The molecule has 14 nitrogen and oxygen atoms in total. The summed E-state index contributed by atoms with van der Waals surface area (Å²) in [6.07, 6.45) is 3.29. The Morgan fingerprint density at radius 3 is 2.61 bits per heavy atom. The first-order valence-electron chi connectivity index (χ1n) is 10.3. The Morgan fingerprint density at radius 2 is 1.97 bits per heavy atom. The van der Waals surface area contributed by atoms with Crippen LogP contribution in [-0.2, 0) is 6.54 Å². The molecule has 3 heterocycles. The third-order valence-corrected chi connectivity index (χ3v) is 5.32. The molecular formula is C19H22N10O4. The molecule has 0 bridgehead atoms. The van der Waals surface area contributed by atoms with Gasteiger partial charge in [0.1, 0.15) is 0 Å². The van der Waals surface area contributed by atoms with E-state index >= 15 is 0 Å². The highest BCUT2D eigenvalue weighted by atomic mass is 16.6. The van der Waals surface area contributed by atoms with E-state index in [1.807, 2.05) is 0 Å². The highest BCUT2D eigenvalue weighted by Crippen LogP contribution is 2.20. The van der Waals surface area contributed by atoms with Crippen LogP contribution in [0.25, 0.3) is 5.82 Å². The van der Waals surface area contributed by atoms with Gasteiger partial charge in [-0.1, -0.05) is 11.6 Å². The molecule has 33 heavy (non-hydrogen) atoms. The fraction of sp³-hybridized carbons (Fsp3) is 0.368. The van der Waals surface area contributed by atoms with Crippen molar-refractivity contribution >= 4 is 23.1 Å². The summed E-state index contributed by atoms with van der Waals surface area (Å²) in [6, 6.07) is 5.85. The third-order valence-electron chi connectivity index (χ3n) is 5.32. The SMILES string of the molecule is CC(=NNC(=O)c1nnn(-c2nonc2N)c1CN1CCCCC1)c1ccc([N+](=O)[O-])cc1. The highest BCUT2D eigenvalue weighted by molar-refractivity contribution is 6.00. The van der Waals surface area contributed by atoms with Gasteiger partial charge in [-0.25, -0.2) is 10.1 Å². The van der Waals surface area contributed by atoms with Crippen molar-refractivity contribution in [2.75, 3.05) is 18.8 Å². The number of hydrogen-bond donors (Lipinski definition) is 2. The molecule has 0 unspecified atom stereocenters. The number of nitrogens with two attached hydrogens (primary N) is 1. The zero-order chi connectivity index (χ0) is 23.4. The van der Waals surface area contributed by atoms with Crippen LogP contribution in [0, 0.1) is 10.1 Å². The van der Waals surface area contributed by atoms with E-state index in [-0.39, 0.29) is 23.0 Å². The van der Waals surface area contributed by atoms with E-state index in [4.69, 9.17) is 5.73 Å². The van der Waals surface area contributed by atoms with Crippen molar-refractivity contribution in [3.8, 4) is 5.82 Å². The van der Waals surface area contributed by atoms with Gasteiger partial charge in [0.15, 0.2) is 5.69 Å². The van der Waals surface area contributed by atoms with Crippen LogP contribution < -0.4 is 11.2 Å². The largest absolute Gasteiger partial charge is 0.378 e. The summed E-state index contributed by atoms with van der Waals surface area (Å²) in [5.74, 6) is -0.387. The number of nitrogens with one attached hydrogen (secondary N) is 1. The van der Waals surface area contributed by atoms with Crippen LogP contribution in [0.5, 0.6) is 0 Å². The van der Waals surface area contributed by atoms with E-state index in [0.717, 1.165) is 32.4 Å². The van der Waals surface area contributed by atoms with Gasteiger partial charge in [0, 0.05) is 18.7 Å². The Bertz CT molecular complexity index is 1180. The minimum absolute atomic E-state index is 0.0267. The van der Waals surface area contributed by atoms with Gasteiger partial charge in [-0.2, -0.15) is 9.78 Å². The van der Waals surface area contributed by atoms with E-state index in [9.17, 15) is 14.9 Å². The molecular weight excluding hydrogens is 432 g/mol. The van der Waals surface area contributed by atoms with Gasteiger partial charge >= 0.3 is 0 Å². The van der Waals surface area contributed by atoms with Crippen LogP contribution in [0.4, 0.5) is 11.5 Å². The lowest BCUT2D eigenvalue weighted by atomic mass is 10.1. The van der Waals surface area contributed by atoms with Crippen molar-refractivity contribution in [1.82, 2.24) is 35.6 Å². The maximum Gasteiger partial charge on any atom is 0.293 e. The number of anilines is 1. The second-order valence-electron chi connectivity index (χ2n) is 7.55. The fourth-order valence-corrected chi connectivity index (χ4v) is 3.53. The number of aromatic nitrogens is 5. The number of nitro groups is 1. The van der Waals surface area contributed by atoms with E-state index in [2.05, 4.69) is 40.7 Å². The molecule has 1 aliphatic heterocycles. The molecule has 0 radical (unpaired) electrons. The van der Waals surface area contributed by atoms with Crippen LogP contribution in [0.2, 0.25) is 0 Å². The number of piperidine rings is 1. The lowest BCUT2D eigenvalue weighted by molar-refractivity contribution is -0.384. The van der Waals surface area contributed by atoms with E-state index in [1.165, 1.54) is 16.8 Å². The van der Waals surface area contributed by atoms with Crippen molar-refractivity contribution in [2.45, 2.75) is 32.7 Å². The highest BCUT2D eigenvalue weighted by Gasteiger charge is 2.26. The molecule has 1 aromatic carbocycles. The number of nitrogens with zero attached hydrogens (tertiary/aromatic N) is 8. The number of hydrogen-bond acceptors (Lipinski definition) is 11. The van der Waals surface area contributed by atoms with Crippen molar-refractivity contribution in [3.05, 3.63) is 51.3 Å². The maximum absolute atomic E-state index is 12.9. The lowest BCUT2D eigenvalue weighted by Gasteiger charge is -2.26. The van der Waals surface area contributed by atoms with Gasteiger partial charge in [0.25, 0.3) is 11.6 Å². The first kappa shape index (κ1) is 22.0. The van der Waals surface area contributed by atoms with E-state index in [1.54, 1.807) is 19.1 Å². The number of carbonyl (C=O) groups excluding carboxylic acids is 1. The van der Waals surface area contributed by atoms with Crippen molar-refractivity contribution in [3.63, 3.8) is 0 Å². The third kappa shape index (κ3) is 4.85. The second-order valence-corrected chi connectivity index (χ2v) is 7.55. The topological polar surface area (TPSA) is 183 Å². The van der Waals surface area contributed by atoms with Crippen LogP contribution >= 0.6 is 0 Å². The number of non-ortho nitro benzene ring substituents is 1. The molecule has 4 rings (SSSR count). The number of likely N-dealkylation sites (tertiary alicyclic amines) is 1. The number of amides is 1. The lowest BCUT2D eigenvalue weighted by Crippen LogP contribution is -2.31. The van der Waals surface area contributed by atoms with E-state index < -0.39 is 10.8 Å². The average Bonchev–Trinajstić information content (AvgIpc) is 3.43.